The van der Waals surface area contributed by atoms with Crippen molar-refractivity contribution in [2.45, 2.75) is 37.8 Å². The molecule has 2 atom stereocenters. The van der Waals surface area contributed by atoms with Gasteiger partial charge in [-0.3, -0.25) is 9.78 Å². The van der Waals surface area contributed by atoms with Crippen LogP contribution in [0, 0.1) is 5.82 Å². The number of nitrogens with two attached hydrogens (primary N) is 2. The smallest absolute Gasteiger partial charge is 0.252 e. The van der Waals surface area contributed by atoms with Crippen molar-refractivity contribution in [3.8, 4) is 11.5 Å². The highest BCUT2D eigenvalue weighted by Gasteiger charge is 2.24. The van der Waals surface area contributed by atoms with Crippen molar-refractivity contribution in [3.63, 3.8) is 0 Å². The topological polar surface area (TPSA) is 158 Å². The molecule has 10 nitrogen and oxygen atoms in total. The van der Waals surface area contributed by atoms with Crippen LogP contribution in [0.5, 0.6) is 0 Å². The summed E-state index contributed by atoms with van der Waals surface area (Å²) in [5.41, 5.74) is 12.5. The molecule has 0 saturated heterocycles. The summed E-state index contributed by atoms with van der Waals surface area (Å²) in [5.74, 6) is -1.11. The average Bonchev–Trinajstić information content (AvgIpc) is 3.27. The molecule has 3 aromatic heterocycles. The minimum atomic E-state index is -0.814. The zero-order valence-corrected chi connectivity index (χ0v) is 16.0. The predicted molar refractivity (Wildman–Crippen MR) is 107 cm³/mol. The first-order valence-electron chi connectivity index (χ1n) is 9.52. The van der Waals surface area contributed by atoms with Crippen LogP contribution in [0.15, 0.2) is 35.3 Å². The van der Waals surface area contributed by atoms with E-state index in [-0.39, 0.29) is 35.2 Å². The van der Waals surface area contributed by atoms with Gasteiger partial charge in [0.1, 0.15) is 5.82 Å². The van der Waals surface area contributed by atoms with E-state index in [4.69, 9.17) is 15.9 Å². The lowest BCUT2D eigenvalue weighted by Gasteiger charge is -2.30. The zero-order valence-electron chi connectivity index (χ0n) is 16.0. The summed E-state index contributed by atoms with van der Waals surface area (Å²) < 4.78 is 19.8. The maximum absolute atomic E-state index is 14.6. The number of hydrogen-bond donors (Lipinski definition) is 4. The van der Waals surface area contributed by atoms with Gasteiger partial charge in [0.25, 0.3) is 5.91 Å². The van der Waals surface area contributed by atoms with Gasteiger partial charge in [0.2, 0.25) is 12.3 Å². The molecule has 1 aliphatic carbocycles. The lowest BCUT2D eigenvalue weighted by Crippen LogP contribution is -2.43. The van der Waals surface area contributed by atoms with E-state index in [9.17, 15) is 9.18 Å². The first kappa shape index (κ1) is 19.7. The highest BCUT2D eigenvalue weighted by atomic mass is 19.1. The third-order valence-electron chi connectivity index (χ3n) is 4.99. The Balaban J connectivity index is 1.64. The Bertz CT molecular complexity index is 1040. The van der Waals surface area contributed by atoms with Crippen LogP contribution in [0.2, 0.25) is 0 Å². The molecule has 0 radical (unpaired) electrons. The molecule has 30 heavy (non-hydrogen) atoms. The number of pyridine rings is 2. The monoisotopic (exact) mass is 412 g/mol. The first-order chi connectivity index (χ1) is 14.5. The number of hydrogen-bond acceptors (Lipinski definition) is 9. The van der Waals surface area contributed by atoms with Crippen molar-refractivity contribution >= 4 is 23.2 Å². The number of anilines is 3. The number of halogens is 1. The Labute approximate surface area is 171 Å². The quantitative estimate of drug-likeness (QED) is 0.476. The average molecular weight is 412 g/mol. The number of carbonyl (C=O) groups is 1. The van der Waals surface area contributed by atoms with E-state index in [0.29, 0.717) is 11.3 Å². The molecule has 0 bridgehead atoms. The summed E-state index contributed by atoms with van der Waals surface area (Å²) in [5, 5.41) is 13.5. The van der Waals surface area contributed by atoms with Crippen LogP contribution in [0.3, 0.4) is 0 Å². The highest BCUT2D eigenvalue weighted by molar-refractivity contribution is 5.98. The highest BCUT2D eigenvalue weighted by Crippen LogP contribution is 2.27. The maximum atomic E-state index is 14.6. The van der Waals surface area contributed by atoms with Gasteiger partial charge in [0.15, 0.2) is 11.6 Å². The molecule has 3 heterocycles. The van der Waals surface area contributed by atoms with Gasteiger partial charge in [0.05, 0.1) is 23.0 Å². The minimum absolute atomic E-state index is 0.00543. The second-order valence-electron chi connectivity index (χ2n) is 7.11. The largest absolute Gasteiger partial charge is 0.423 e. The Hall–Kier alpha value is -3.60. The van der Waals surface area contributed by atoms with Gasteiger partial charge in [-0.05, 0) is 25.0 Å². The molecule has 1 aliphatic rings. The van der Waals surface area contributed by atoms with Crippen molar-refractivity contribution in [2.75, 3.05) is 10.6 Å². The Morgan fingerprint density at radius 2 is 2.03 bits per heavy atom. The lowest BCUT2D eigenvalue weighted by atomic mass is 9.91. The Morgan fingerprint density at radius 3 is 2.77 bits per heavy atom. The predicted octanol–water partition coefficient (Wildman–Crippen LogP) is 2.19. The van der Waals surface area contributed by atoms with Crippen LogP contribution in [0.1, 0.15) is 36.0 Å². The van der Waals surface area contributed by atoms with Crippen molar-refractivity contribution in [3.05, 3.63) is 42.3 Å². The maximum Gasteiger partial charge on any atom is 0.252 e. The van der Waals surface area contributed by atoms with Gasteiger partial charge in [-0.2, -0.15) is 0 Å². The van der Waals surface area contributed by atoms with Crippen LogP contribution < -0.4 is 22.1 Å². The van der Waals surface area contributed by atoms with E-state index in [2.05, 4.69) is 30.8 Å². The molecular weight excluding hydrogens is 391 g/mol. The van der Waals surface area contributed by atoms with Crippen LogP contribution in [-0.2, 0) is 0 Å². The molecule has 1 amide bonds. The molecule has 1 fully saturated rings. The molecule has 0 spiro atoms. The number of aromatic nitrogens is 4. The van der Waals surface area contributed by atoms with Crippen molar-refractivity contribution < 1.29 is 13.6 Å². The molecule has 6 N–H and O–H groups in total. The fourth-order valence-electron chi connectivity index (χ4n) is 3.45. The summed E-state index contributed by atoms with van der Waals surface area (Å²) >= 11 is 0. The number of amides is 1. The molecule has 0 aliphatic heterocycles. The van der Waals surface area contributed by atoms with Crippen molar-refractivity contribution in [2.24, 2.45) is 11.5 Å². The molecular formula is C19H21FN8O2. The molecule has 3 aromatic rings. The number of primary amides is 1. The van der Waals surface area contributed by atoms with E-state index < -0.39 is 11.7 Å². The van der Waals surface area contributed by atoms with E-state index in [1.807, 2.05) is 0 Å². The normalized spacial score (nSPS) is 18.7. The van der Waals surface area contributed by atoms with Gasteiger partial charge >= 0.3 is 0 Å². The van der Waals surface area contributed by atoms with Gasteiger partial charge in [-0.25, -0.2) is 9.37 Å². The zero-order chi connectivity index (χ0) is 21.1. The van der Waals surface area contributed by atoms with Crippen molar-refractivity contribution in [1.82, 2.24) is 20.2 Å². The van der Waals surface area contributed by atoms with Gasteiger partial charge in [-0.1, -0.05) is 12.8 Å². The van der Waals surface area contributed by atoms with E-state index in [1.165, 1.54) is 12.6 Å². The number of carbonyl (C=O) groups excluding carboxylic acids is 1. The van der Waals surface area contributed by atoms with E-state index in [1.54, 1.807) is 12.3 Å². The van der Waals surface area contributed by atoms with Crippen molar-refractivity contribution in [1.29, 1.82) is 0 Å². The molecule has 156 valence electrons. The summed E-state index contributed by atoms with van der Waals surface area (Å²) in [6, 6.07) is 2.54. The summed E-state index contributed by atoms with van der Waals surface area (Å²) in [6.45, 7) is 0. The fraction of sp³-hybridized carbons (Fsp3) is 0.316. The third-order valence-corrected chi connectivity index (χ3v) is 4.99. The molecule has 11 heteroatoms. The summed E-state index contributed by atoms with van der Waals surface area (Å²) in [7, 11) is 0. The minimum Gasteiger partial charge on any atom is -0.423 e. The summed E-state index contributed by atoms with van der Waals surface area (Å²) in [4.78, 5) is 20.2. The number of nitrogens with one attached hydrogen (secondary N) is 2. The molecule has 1 saturated carbocycles. The van der Waals surface area contributed by atoms with E-state index >= 15 is 0 Å². The molecule has 0 aromatic carbocycles. The van der Waals surface area contributed by atoms with Gasteiger partial charge < -0.3 is 26.5 Å². The number of rotatable bonds is 6. The van der Waals surface area contributed by atoms with Crippen LogP contribution in [0.4, 0.5) is 21.7 Å². The molecule has 4 rings (SSSR count). The molecule has 2 unspecified atom stereocenters. The Kier molecular flexibility index (Phi) is 5.53. The SMILES string of the molecule is NC(=O)c1cc(F)c(NC2CCCCC2N)nc1Nc1cncc(-c2nnco2)c1. The second-order valence-corrected chi connectivity index (χ2v) is 7.11. The standard InChI is InChI=1S/C19H21FN8O2/c20-13-6-12(16(22)29)17(27-18(13)26-15-4-2-1-3-14(15)21)25-11-5-10(7-23-8-11)19-28-24-9-30-19/h5-9,14-15H,1-4,21H2,(H2,22,29)(H2,25,26,27). The van der Waals surface area contributed by atoms with Crippen LogP contribution in [0.25, 0.3) is 11.5 Å². The second kappa shape index (κ2) is 8.41. The van der Waals surface area contributed by atoms with Gasteiger partial charge in [0, 0.05) is 18.3 Å². The van der Waals surface area contributed by atoms with Gasteiger partial charge in [-0.15, -0.1) is 10.2 Å². The fourth-order valence-corrected chi connectivity index (χ4v) is 3.45. The number of nitrogens with zero attached hydrogens (tertiary/aromatic N) is 4. The van der Waals surface area contributed by atoms with E-state index in [0.717, 1.165) is 31.7 Å². The third kappa shape index (κ3) is 4.20. The summed E-state index contributed by atoms with van der Waals surface area (Å²) in [6.07, 6.45) is 7.99. The Morgan fingerprint density at radius 1 is 1.20 bits per heavy atom. The first-order valence-corrected chi connectivity index (χ1v) is 9.52. The van der Waals surface area contributed by atoms with Crippen LogP contribution in [-0.4, -0.2) is 38.2 Å². The lowest BCUT2D eigenvalue weighted by molar-refractivity contribution is 0.100. The van der Waals surface area contributed by atoms with Crippen LogP contribution >= 0.6 is 0 Å².